The van der Waals surface area contributed by atoms with Crippen molar-refractivity contribution in [3.8, 4) is 0 Å². The summed E-state index contributed by atoms with van der Waals surface area (Å²) in [5.41, 5.74) is 12.7. The minimum absolute atomic E-state index is 0.0958. The summed E-state index contributed by atoms with van der Waals surface area (Å²) in [4.78, 5) is 20.6. The summed E-state index contributed by atoms with van der Waals surface area (Å²) in [7, 11) is -2.65. The summed E-state index contributed by atoms with van der Waals surface area (Å²) in [6, 6.07) is 8.75. The van der Waals surface area contributed by atoms with Crippen molar-refractivity contribution in [2.45, 2.75) is 70.9 Å². The van der Waals surface area contributed by atoms with Gasteiger partial charge in [-0.1, -0.05) is 12.1 Å². The molecule has 2 rings (SSSR count). The highest BCUT2D eigenvalue weighted by Crippen LogP contribution is 2.26. The zero-order chi connectivity index (χ0) is 29.6. The highest BCUT2D eigenvalue weighted by Gasteiger charge is 2.23. The van der Waals surface area contributed by atoms with Crippen molar-refractivity contribution in [1.29, 1.82) is 0 Å². The summed E-state index contributed by atoms with van der Waals surface area (Å²) in [5.74, 6) is 0. The third-order valence-electron chi connectivity index (χ3n) is 4.98. The molecule has 14 heteroatoms. The van der Waals surface area contributed by atoms with Crippen LogP contribution in [0.1, 0.15) is 72.6 Å². The van der Waals surface area contributed by atoms with E-state index < -0.39 is 41.3 Å². The van der Waals surface area contributed by atoms with Gasteiger partial charge in [0, 0.05) is 23.7 Å². The number of hydrogen-bond donors (Lipinski definition) is 3. The van der Waals surface area contributed by atoms with Gasteiger partial charge in [0.05, 0.1) is 36.0 Å². The van der Waals surface area contributed by atoms with Gasteiger partial charge in [-0.3, -0.25) is 20.2 Å². The van der Waals surface area contributed by atoms with Crippen LogP contribution in [0.4, 0.5) is 22.7 Å². The first-order chi connectivity index (χ1) is 17.2. The molecule has 0 saturated carbocycles. The normalized spacial score (nSPS) is 14.6. The molecule has 0 fully saturated rings. The van der Waals surface area contributed by atoms with Crippen molar-refractivity contribution < 1.29 is 18.3 Å². The Hall–Kier alpha value is -3.23. The number of nitrogens with zero attached hydrogens (tertiary/aromatic N) is 3. The van der Waals surface area contributed by atoms with Crippen LogP contribution in [-0.2, 0) is 22.0 Å². The predicted molar refractivity (Wildman–Crippen MR) is 155 cm³/mol. The second kappa shape index (κ2) is 13.0. The highest BCUT2D eigenvalue weighted by atomic mass is 32.2. The summed E-state index contributed by atoms with van der Waals surface area (Å²) in [5, 5.41) is 21.6. The van der Waals surface area contributed by atoms with Gasteiger partial charge in [-0.25, -0.2) is 13.1 Å². The Bertz CT molecular complexity index is 1270. The van der Waals surface area contributed by atoms with Crippen LogP contribution in [0.2, 0.25) is 0 Å². The minimum atomic E-state index is -1.40. The second-order valence-corrected chi connectivity index (χ2v) is 14.3. The van der Waals surface area contributed by atoms with Crippen LogP contribution in [0.5, 0.6) is 0 Å². The molecular weight excluding hydrogens is 532 g/mol. The Balaban J connectivity index is 0.000000380. The first kappa shape index (κ1) is 32.8. The van der Waals surface area contributed by atoms with Crippen molar-refractivity contribution in [2.75, 3.05) is 11.5 Å². The zero-order valence-electron chi connectivity index (χ0n) is 22.8. The number of hydrogen-bond acceptors (Lipinski definition) is 8. The van der Waals surface area contributed by atoms with Gasteiger partial charge in [-0.05, 0) is 73.1 Å². The summed E-state index contributed by atoms with van der Waals surface area (Å²) in [6.45, 7) is 14.5. The molecule has 210 valence electrons. The van der Waals surface area contributed by atoms with Gasteiger partial charge < -0.3 is 11.5 Å². The van der Waals surface area contributed by atoms with E-state index in [0.717, 1.165) is 0 Å². The second-order valence-electron chi connectivity index (χ2n) is 10.4. The van der Waals surface area contributed by atoms with Crippen molar-refractivity contribution in [1.82, 2.24) is 4.72 Å². The maximum Gasteiger partial charge on any atom is 0.292 e. The molecule has 2 aromatic rings. The summed E-state index contributed by atoms with van der Waals surface area (Å²) < 4.78 is 30.0. The Morgan fingerprint density at radius 2 is 1.37 bits per heavy atom. The fourth-order valence-corrected chi connectivity index (χ4v) is 4.07. The molecule has 0 unspecified atom stereocenters. The van der Waals surface area contributed by atoms with Crippen LogP contribution >= 0.6 is 0 Å². The Kier molecular flexibility index (Phi) is 11.2. The molecule has 5 N–H and O–H groups in total. The maximum atomic E-state index is 12.0. The Labute approximate surface area is 227 Å². The lowest BCUT2D eigenvalue weighted by Crippen LogP contribution is -2.34. The smallest absolute Gasteiger partial charge is 0.292 e. The van der Waals surface area contributed by atoms with E-state index in [9.17, 15) is 28.6 Å². The van der Waals surface area contributed by atoms with Crippen LogP contribution in [-0.4, -0.2) is 33.5 Å². The van der Waals surface area contributed by atoms with Crippen LogP contribution in [0.3, 0.4) is 0 Å². The van der Waals surface area contributed by atoms with E-state index in [1.165, 1.54) is 24.3 Å². The van der Waals surface area contributed by atoms with E-state index in [-0.39, 0.29) is 28.8 Å². The molecule has 2 aromatic carbocycles. The van der Waals surface area contributed by atoms with Crippen molar-refractivity contribution in [2.24, 2.45) is 4.40 Å². The first-order valence-corrected chi connectivity index (χ1v) is 13.7. The molecule has 3 atom stereocenters. The summed E-state index contributed by atoms with van der Waals surface area (Å²) >= 11 is 0. The number of anilines is 2. The zero-order valence-corrected chi connectivity index (χ0v) is 24.4. The molecule has 0 saturated heterocycles. The van der Waals surface area contributed by atoms with Crippen molar-refractivity contribution in [3.05, 3.63) is 67.8 Å². The van der Waals surface area contributed by atoms with Crippen LogP contribution in [0.25, 0.3) is 0 Å². The van der Waals surface area contributed by atoms with E-state index in [4.69, 9.17) is 11.5 Å². The fourth-order valence-electron chi connectivity index (χ4n) is 2.63. The molecule has 0 aromatic heterocycles. The number of nitrogens with two attached hydrogens (primary N) is 2. The number of benzene rings is 2. The molecule has 0 aliphatic rings. The third-order valence-corrected chi connectivity index (χ3v) is 8.15. The maximum absolute atomic E-state index is 12.0. The molecule has 0 radical (unpaired) electrons. The van der Waals surface area contributed by atoms with Gasteiger partial charge in [-0.15, -0.1) is 0 Å². The molecule has 38 heavy (non-hydrogen) atoms. The predicted octanol–water partition coefficient (Wildman–Crippen LogP) is 4.74. The van der Waals surface area contributed by atoms with E-state index in [2.05, 4.69) is 9.12 Å². The molecule has 12 nitrogen and oxygen atoms in total. The van der Waals surface area contributed by atoms with Gasteiger partial charge in [0.25, 0.3) is 11.4 Å². The summed E-state index contributed by atoms with van der Waals surface area (Å²) in [6.07, 6.45) is 0. The van der Waals surface area contributed by atoms with Crippen molar-refractivity contribution in [3.63, 3.8) is 0 Å². The van der Waals surface area contributed by atoms with E-state index in [1.807, 2.05) is 41.5 Å². The van der Waals surface area contributed by atoms with E-state index in [0.29, 0.717) is 16.8 Å². The van der Waals surface area contributed by atoms with Crippen molar-refractivity contribution >= 4 is 50.4 Å². The van der Waals surface area contributed by atoms with Crippen LogP contribution in [0, 0.1) is 20.2 Å². The standard InChI is InChI=1S/C12H19N3O3S.C12H17N3O3S/c2*1-8(14-19(18)12(2,3)4)9-5-6-10(13)11(7-9)15(16)17/h5-8,14H,13H2,1-4H3;5-7H,13H2,1-4H3/t8-,19-;19-/m00/s1. The minimum Gasteiger partial charge on any atom is -0.393 e. The molecule has 0 aliphatic carbocycles. The average molecular weight is 569 g/mol. The molecule has 0 amide bonds. The highest BCUT2D eigenvalue weighted by molar-refractivity contribution is 7.85. The van der Waals surface area contributed by atoms with E-state index >= 15 is 0 Å². The molecular formula is C24H36N6O6S2. The number of nitro benzene ring substituents is 2. The molecule has 0 bridgehead atoms. The molecule has 0 aliphatic heterocycles. The van der Waals surface area contributed by atoms with Crippen LogP contribution in [0.15, 0.2) is 40.8 Å². The third kappa shape index (κ3) is 9.58. The largest absolute Gasteiger partial charge is 0.393 e. The van der Waals surface area contributed by atoms with Crippen LogP contribution < -0.4 is 16.2 Å². The van der Waals surface area contributed by atoms with Gasteiger partial charge in [-0.2, -0.15) is 4.40 Å². The molecule has 0 heterocycles. The van der Waals surface area contributed by atoms with E-state index in [1.54, 1.807) is 26.0 Å². The lowest BCUT2D eigenvalue weighted by molar-refractivity contribution is -0.384. The number of nitrogens with one attached hydrogen (secondary N) is 1. The number of nitro groups is 2. The van der Waals surface area contributed by atoms with Gasteiger partial charge >= 0.3 is 0 Å². The van der Waals surface area contributed by atoms with Gasteiger partial charge in [0.15, 0.2) is 0 Å². The number of rotatable bonds is 7. The monoisotopic (exact) mass is 568 g/mol. The Morgan fingerprint density at radius 1 is 0.895 bits per heavy atom. The van der Waals surface area contributed by atoms with Gasteiger partial charge in [0.1, 0.15) is 22.4 Å². The quantitative estimate of drug-likeness (QED) is 0.184. The Morgan fingerprint density at radius 3 is 1.82 bits per heavy atom. The average Bonchev–Trinajstić information content (AvgIpc) is 2.78. The lowest BCUT2D eigenvalue weighted by atomic mass is 10.1. The molecule has 0 spiro atoms. The first-order valence-electron chi connectivity index (χ1n) is 11.5. The number of nitrogen functional groups attached to an aromatic ring is 2. The fraction of sp³-hybridized carbons (Fsp3) is 0.458. The topological polar surface area (TPSA) is 197 Å². The SMILES string of the molecule is CC(=N[S@@](=O)C(C)(C)C)c1ccc(N)c([N+](=O)[O-])c1.C[C@H](N[S@@](=O)C(C)(C)C)c1ccc(N)c([N+](=O)[O-])c1. The van der Waals surface area contributed by atoms with Gasteiger partial charge in [0.2, 0.25) is 0 Å². The lowest BCUT2D eigenvalue weighted by Gasteiger charge is -2.22.